The van der Waals surface area contributed by atoms with Crippen LogP contribution >= 0.6 is 7.82 Å². The molecule has 0 aliphatic heterocycles. The molecular weight excluding hydrogens is 792 g/mol. The summed E-state index contributed by atoms with van der Waals surface area (Å²) in [5.41, 5.74) is 0. The van der Waals surface area contributed by atoms with Gasteiger partial charge < -0.3 is 24.6 Å². The van der Waals surface area contributed by atoms with Crippen LogP contribution in [0.15, 0.2) is 60.8 Å². The van der Waals surface area contributed by atoms with Crippen LogP contribution in [-0.2, 0) is 32.7 Å². The van der Waals surface area contributed by atoms with E-state index in [2.05, 4.69) is 74.6 Å². The molecule has 0 aromatic carbocycles. The molecule has 3 atom stereocenters. The Hall–Kier alpha value is -2.33. The molecule has 11 heteroatoms. The maximum Gasteiger partial charge on any atom is 0.472 e. The monoisotopic (exact) mass is 881 g/mol. The molecule has 0 aromatic rings. The number of phosphoric ester groups is 1. The molecule has 10 nitrogen and oxygen atoms in total. The standard InChI is InChI=1S/C50H89O10P/c1-3-5-7-9-11-13-15-17-19-21-22-23-24-26-28-30-32-34-36-38-40-42-50(54)60-48(46-59-61(55,56)58-44-47(52)43-51)45-57-49(53)41-39-37-35-33-31-29-27-25-20-18-16-14-12-10-8-6-4-2/h5,7,11,13,17-20,22-23,47-48,51-52H,3-4,6,8-10,12,14-16,21,24-46H2,1-2H3,(H,55,56)/b7-5-,13-11-,19-17-,20-18-,23-22-. The van der Waals surface area contributed by atoms with Crippen molar-refractivity contribution in [3.63, 3.8) is 0 Å². The second-order valence-electron chi connectivity index (χ2n) is 16.1. The minimum atomic E-state index is -4.63. The van der Waals surface area contributed by atoms with Gasteiger partial charge in [-0.1, -0.05) is 177 Å². The van der Waals surface area contributed by atoms with E-state index in [1.807, 2.05) is 0 Å². The molecule has 0 heterocycles. The predicted molar refractivity (Wildman–Crippen MR) is 251 cm³/mol. The first-order chi connectivity index (χ1) is 29.7. The Morgan fingerprint density at radius 3 is 1.38 bits per heavy atom. The Bertz CT molecular complexity index is 1200. The lowest BCUT2D eigenvalue weighted by molar-refractivity contribution is -0.161. The van der Waals surface area contributed by atoms with Gasteiger partial charge in [0.15, 0.2) is 6.10 Å². The number of phosphoric acid groups is 1. The average Bonchev–Trinajstić information content (AvgIpc) is 3.25. The summed E-state index contributed by atoms with van der Waals surface area (Å²) in [6, 6.07) is 0. The van der Waals surface area contributed by atoms with Crippen LogP contribution in [0.2, 0.25) is 0 Å². The Morgan fingerprint density at radius 1 is 0.508 bits per heavy atom. The van der Waals surface area contributed by atoms with Crippen molar-refractivity contribution in [2.45, 2.75) is 219 Å². The minimum Gasteiger partial charge on any atom is -0.462 e. The average molecular weight is 881 g/mol. The number of carbonyl (C=O) groups excluding carboxylic acids is 2. The fourth-order valence-electron chi connectivity index (χ4n) is 6.45. The number of hydrogen-bond acceptors (Lipinski definition) is 9. The zero-order valence-corrected chi connectivity index (χ0v) is 39.5. The number of hydrogen-bond donors (Lipinski definition) is 3. The maximum absolute atomic E-state index is 12.7. The van der Waals surface area contributed by atoms with Crippen LogP contribution in [0.5, 0.6) is 0 Å². The van der Waals surface area contributed by atoms with Crippen LogP contribution in [0.3, 0.4) is 0 Å². The van der Waals surface area contributed by atoms with Gasteiger partial charge in [-0.2, -0.15) is 0 Å². The van der Waals surface area contributed by atoms with Crippen LogP contribution in [-0.4, -0.2) is 65.7 Å². The van der Waals surface area contributed by atoms with Crippen molar-refractivity contribution in [2.24, 2.45) is 0 Å². The summed E-state index contributed by atoms with van der Waals surface area (Å²) >= 11 is 0. The van der Waals surface area contributed by atoms with Gasteiger partial charge in [0, 0.05) is 12.8 Å². The summed E-state index contributed by atoms with van der Waals surface area (Å²) in [5, 5.41) is 18.4. The topological polar surface area (TPSA) is 149 Å². The van der Waals surface area contributed by atoms with E-state index in [-0.39, 0.29) is 19.4 Å². The summed E-state index contributed by atoms with van der Waals surface area (Å²) in [7, 11) is -4.63. The van der Waals surface area contributed by atoms with Crippen molar-refractivity contribution < 1.29 is 47.8 Å². The molecule has 61 heavy (non-hydrogen) atoms. The maximum atomic E-state index is 12.7. The van der Waals surface area contributed by atoms with Gasteiger partial charge >= 0.3 is 19.8 Å². The van der Waals surface area contributed by atoms with E-state index in [4.69, 9.17) is 23.6 Å². The van der Waals surface area contributed by atoms with Crippen molar-refractivity contribution in [2.75, 3.05) is 26.4 Å². The first-order valence-electron chi connectivity index (χ1n) is 24.2. The number of ether oxygens (including phenoxy) is 2. The molecule has 0 aliphatic rings. The van der Waals surface area contributed by atoms with E-state index in [1.165, 1.54) is 89.9 Å². The summed E-state index contributed by atoms with van der Waals surface area (Å²) < 4.78 is 32.8. The zero-order valence-electron chi connectivity index (χ0n) is 38.6. The minimum absolute atomic E-state index is 0.172. The lowest BCUT2D eigenvalue weighted by Gasteiger charge is -2.20. The van der Waals surface area contributed by atoms with E-state index < -0.39 is 51.8 Å². The number of esters is 2. The summed E-state index contributed by atoms with van der Waals surface area (Å²) in [6.45, 7) is 2.26. The van der Waals surface area contributed by atoms with Gasteiger partial charge in [-0.3, -0.25) is 18.6 Å². The Kier molecular flexibility index (Phi) is 43.9. The molecule has 0 saturated heterocycles. The zero-order chi connectivity index (χ0) is 44.8. The Morgan fingerprint density at radius 2 is 0.902 bits per heavy atom. The van der Waals surface area contributed by atoms with Gasteiger partial charge in [-0.05, 0) is 77.0 Å². The van der Waals surface area contributed by atoms with Gasteiger partial charge in [0.1, 0.15) is 12.7 Å². The highest BCUT2D eigenvalue weighted by Crippen LogP contribution is 2.43. The van der Waals surface area contributed by atoms with Crippen LogP contribution in [0, 0.1) is 0 Å². The number of carbonyl (C=O) groups is 2. The molecule has 0 amide bonds. The van der Waals surface area contributed by atoms with Crippen LogP contribution in [0.25, 0.3) is 0 Å². The quantitative estimate of drug-likeness (QED) is 0.0233. The fourth-order valence-corrected chi connectivity index (χ4v) is 7.24. The molecule has 3 unspecified atom stereocenters. The normalized spacial score (nSPS) is 14.2. The molecule has 0 fully saturated rings. The fraction of sp³-hybridized carbons (Fsp3) is 0.760. The molecule has 0 aliphatic carbocycles. The molecule has 3 N–H and O–H groups in total. The second-order valence-corrected chi connectivity index (χ2v) is 17.6. The molecular formula is C50H89O10P. The number of aliphatic hydroxyl groups excluding tert-OH is 2. The van der Waals surface area contributed by atoms with Gasteiger partial charge in [0.05, 0.1) is 19.8 Å². The SMILES string of the molecule is CC/C=C\C/C=C\C/C=C\C/C=C\CCCCCCCCCCC(=O)OC(COC(=O)CCCCCCCCC/C=C\CCCCCCCC)COP(=O)(O)OCC(O)CO. The van der Waals surface area contributed by atoms with Crippen molar-refractivity contribution in [1.82, 2.24) is 0 Å². The van der Waals surface area contributed by atoms with E-state index in [9.17, 15) is 24.2 Å². The number of rotatable bonds is 45. The largest absolute Gasteiger partial charge is 0.472 e. The smallest absolute Gasteiger partial charge is 0.462 e. The lowest BCUT2D eigenvalue weighted by atomic mass is 10.1. The molecule has 354 valence electrons. The highest BCUT2D eigenvalue weighted by molar-refractivity contribution is 7.47. The van der Waals surface area contributed by atoms with E-state index in [1.54, 1.807) is 0 Å². The number of aliphatic hydroxyl groups is 2. The van der Waals surface area contributed by atoms with Crippen molar-refractivity contribution in [1.29, 1.82) is 0 Å². The Labute approximate surface area is 372 Å². The molecule has 0 rings (SSSR count). The molecule has 0 saturated carbocycles. The molecule has 0 aromatic heterocycles. The molecule has 0 spiro atoms. The molecule has 0 radical (unpaired) electrons. The highest BCUT2D eigenvalue weighted by Gasteiger charge is 2.27. The predicted octanol–water partition coefficient (Wildman–Crippen LogP) is 13.5. The van der Waals surface area contributed by atoms with Crippen molar-refractivity contribution in [3.05, 3.63) is 60.8 Å². The third-order valence-corrected chi connectivity index (χ3v) is 11.1. The third kappa shape index (κ3) is 45.5. The van der Waals surface area contributed by atoms with Crippen LogP contribution in [0.1, 0.15) is 206 Å². The Balaban J connectivity index is 4.24. The molecule has 0 bridgehead atoms. The first-order valence-corrected chi connectivity index (χ1v) is 25.7. The highest BCUT2D eigenvalue weighted by atomic mass is 31.2. The van der Waals surface area contributed by atoms with Crippen LogP contribution in [0.4, 0.5) is 0 Å². The lowest BCUT2D eigenvalue weighted by Crippen LogP contribution is -2.29. The summed E-state index contributed by atoms with van der Waals surface area (Å²) in [6.07, 6.45) is 51.8. The van der Waals surface area contributed by atoms with Gasteiger partial charge in [0.2, 0.25) is 0 Å². The third-order valence-electron chi connectivity index (χ3n) is 10.2. The van der Waals surface area contributed by atoms with Gasteiger partial charge in [-0.15, -0.1) is 0 Å². The van der Waals surface area contributed by atoms with Crippen molar-refractivity contribution >= 4 is 19.8 Å². The summed E-state index contributed by atoms with van der Waals surface area (Å²) in [4.78, 5) is 35.1. The first kappa shape index (κ1) is 58.7. The number of unbranched alkanes of at least 4 members (excludes halogenated alkanes) is 21. The van der Waals surface area contributed by atoms with E-state index in [0.29, 0.717) is 12.8 Å². The van der Waals surface area contributed by atoms with Gasteiger partial charge in [-0.25, -0.2) is 4.57 Å². The number of allylic oxidation sites excluding steroid dienone is 10. The van der Waals surface area contributed by atoms with Gasteiger partial charge in [0.25, 0.3) is 0 Å². The van der Waals surface area contributed by atoms with Crippen molar-refractivity contribution in [3.8, 4) is 0 Å². The van der Waals surface area contributed by atoms with Crippen LogP contribution < -0.4 is 0 Å². The summed E-state index contributed by atoms with van der Waals surface area (Å²) in [5.74, 6) is -0.938. The van der Waals surface area contributed by atoms with E-state index >= 15 is 0 Å². The second kappa shape index (κ2) is 45.7. The van der Waals surface area contributed by atoms with E-state index in [0.717, 1.165) is 77.0 Å².